The molecule has 0 atom stereocenters. The molecule has 0 bridgehead atoms. The summed E-state index contributed by atoms with van der Waals surface area (Å²) < 4.78 is 5.52. The van der Waals surface area contributed by atoms with Gasteiger partial charge in [0, 0.05) is 5.92 Å². The summed E-state index contributed by atoms with van der Waals surface area (Å²) in [5.74, 6) is 3.17. The first kappa shape index (κ1) is 15.9. The Hall–Kier alpha value is -0.940. The summed E-state index contributed by atoms with van der Waals surface area (Å²) in [6.07, 6.45) is 10.3. The van der Waals surface area contributed by atoms with Crippen molar-refractivity contribution < 1.29 is 4.52 Å². The van der Waals surface area contributed by atoms with E-state index in [-0.39, 0.29) is 0 Å². The second-order valence-electron chi connectivity index (χ2n) is 7.00. The quantitative estimate of drug-likeness (QED) is 0.875. The molecule has 1 saturated carbocycles. The highest BCUT2D eigenvalue weighted by molar-refractivity contribution is 4.95. The van der Waals surface area contributed by atoms with Crippen LogP contribution in [0.25, 0.3) is 0 Å². The van der Waals surface area contributed by atoms with Crippen LogP contribution in [0, 0.1) is 5.92 Å². The largest absolute Gasteiger partial charge is 0.339 e. The Morgan fingerprint density at radius 3 is 2.64 bits per heavy atom. The van der Waals surface area contributed by atoms with Crippen molar-refractivity contribution in [2.24, 2.45) is 5.92 Å². The first-order chi connectivity index (χ1) is 10.8. The second kappa shape index (κ2) is 8.06. The Labute approximate surface area is 133 Å². The molecule has 5 nitrogen and oxygen atoms in total. The molecule has 0 unspecified atom stereocenters. The number of nitrogens with zero attached hydrogens (tertiary/aromatic N) is 3. The van der Waals surface area contributed by atoms with Gasteiger partial charge in [-0.05, 0) is 64.7 Å². The zero-order valence-corrected chi connectivity index (χ0v) is 13.9. The van der Waals surface area contributed by atoms with Gasteiger partial charge in [0.05, 0.1) is 6.54 Å². The minimum atomic E-state index is 0.516. The highest BCUT2D eigenvalue weighted by Gasteiger charge is 2.23. The third kappa shape index (κ3) is 4.29. The smallest absolute Gasteiger partial charge is 0.229 e. The van der Waals surface area contributed by atoms with E-state index in [9.17, 15) is 0 Å². The maximum atomic E-state index is 5.52. The average molecular weight is 306 g/mol. The molecule has 3 rings (SSSR count). The Bertz CT molecular complexity index is 434. The van der Waals surface area contributed by atoms with E-state index in [1.807, 2.05) is 7.05 Å². The first-order valence-electron chi connectivity index (χ1n) is 9.04. The number of likely N-dealkylation sites (tertiary alicyclic amines) is 1. The van der Waals surface area contributed by atoms with Crippen LogP contribution in [-0.2, 0) is 6.54 Å². The number of hydrogen-bond acceptors (Lipinski definition) is 5. The lowest BCUT2D eigenvalue weighted by atomic mass is 9.89. The predicted octanol–water partition coefficient (Wildman–Crippen LogP) is 2.94. The van der Waals surface area contributed by atoms with Gasteiger partial charge in [-0.2, -0.15) is 4.98 Å². The van der Waals surface area contributed by atoms with Crippen LogP contribution in [0.15, 0.2) is 4.52 Å². The van der Waals surface area contributed by atoms with E-state index in [1.165, 1.54) is 64.5 Å². The molecule has 0 spiro atoms. The van der Waals surface area contributed by atoms with Crippen molar-refractivity contribution in [2.45, 2.75) is 63.8 Å². The molecule has 1 aliphatic carbocycles. The maximum Gasteiger partial charge on any atom is 0.229 e. The van der Waals surface area contributed by atoms with Crippen molar-refractivity contribution >= 4 is 0 Å². The van der Waals surface area contributed by atoms with Gasteiger partial charge in [0.15, 0.2) is 5.82 Å². The molecule has 0 amide bonds. The summed E-state index contributed by atoms with van der Waals surface area (Å²) in [6, 6.07) is 0. The van der Waals surface area contributed by atoms with Crippen LogP contribution in [0.2, 0.25) is 0 Å². The van der Waals surface area contributed by atoms with Gasteiger partial charge >= 0.3 is 0 Å². The lowest BCUT2D eigenvalue weighted by Gasteiger charge is -2.31. The minimum absolute atomic E-state index is 0.516. The second-order valence-corrected chi connectivity index (χ2v) is 7.00. The highest BCUT2D eigenvalue weighted by Crippen LogP contribution is 2.31. The van der Waals surface area contributed by atoms with Crippen LogP contribution in [0.4, 0.5) is 0 Å². The molecule has 124 valence electrons. The predicted molar refractivity (Wildman–Crippen MR) is 86.7 cm³/mol. The van der Waals surface area contributed by atoms with E-state index < -0.39 is 0 Å². The fourth-order valence-corrected chi connectivity index (χ4v) is 3.83. The van der Waals surface area contributed by atoms with Crippen molar-refractivity contribution in [3.63, 3.8) is 0 Å². The molecule has 1 N–H and O–H groups in total. The monoisotopic (exact) mass is 306 g/mol. The molecule has 5 heteroatoms. The highest BCUT2D eigenvalue weighted by atomic mass is 16.5. The Balaban J connectivity index is 1.45. The molecule has 2 aliphatic rings. The molecule has 2 fully saturated rings. The number of rotatable bonds is 6. The summed E-state index contributed by atoms with van der Waals surface area (Å²) in [7, 11) is 2.04. The molecule has 0 radical (unpaired) electrons. The Kier molecular flexibility index (Phi) is 5.84. The van der Waals surface area contributed by atoms with Gasteiger partial charge in [-0.1, -0.05) is 24.4 Å². The molecule has 0 aromatic carbocycles. The van der Waals surface area contributed by atoms with Gasteiger partial charge in [0.2, 0.25) is 5.89 Å². The van der Waals surface area contributed by atoms with Crippen LogP contribution in [-0.4, -0.2) is 41.7 Å². The number of piperidine rings is 1. The van der Waals surface area contributed by atoms with Crippen LogP contribution < -0.4 is 5.32 Å². The number of aromatic nitrogens is 2. The Morgan fingerprint density at radius 1 is 1.14 bits per heavy atom. The van der Waals surface area contributed by atoms with Gasteiger partial charge < -0.3 is 9.84 Å². The Morgan fingerprint density at radius 2 is 1.91 bits per heavy atom. The van der Waals surface area contributed by atoms with Crippen LogP contribution in [0.5, 0.6) is 0 Å². The van der Waals surface area contributed by atoms with Crippen molar-refractivity contribution in [3.8, 4) is 0 Å². The molecule has 1 aliphatic heterocycles. The van der Waals surface area contributed by atoms with Gasteiger partial charge in [-0.3, -0.25) is 4.90 Å². The van der Waals surface area contributed by atoms with E-state index in [1.54, 1.807) is 0 Å². The van der Waals surface area contributed by atoms with E-state index in [0.717, 1.165) is 30.7 Å². The SMILES string of the molecule is CNCCC1CCN(Cc2noc(C3CCCCC3)n2)CC1. The number of hydrogen-bond donors (Lipinski definition) is 1. The fourth-order valence-electron chi connectivity index (χ4n) is 3.83. The summed E-state index contributed by atoms with van der Waals surface area (Å²) in [5.41, 5.74) is 0. The van der Waals surface area contributed by atoms with E-state index in [4.69, 9.17) is 4.52 Å². The summed E-state index contributed by atoms with van der Waals surface area (Å²) in [4.78, 5) is 7.14. The van der Waals surface area contributed by atoms with E-state index in [2.05, 4.69) is 20.4 Å². The number of nitrogens with one attached hydrogen (secondary N) is 1. The maximum absolute atomic E-state index is 5.52. The van der Waals surface area contributed by atoms with Gasteiger partial charge in [0.25, 0.3) is 0 Å². The lowest BCUT2D eigenvalue weighted by molar-refractivity contribution is 0.167. The topological polar surface area (TPSA) is 54.2 Å². The molecule has 1 aromatic heterocycles. The van der Waals surface area contributed by atoms with Crippen molar-refractivity contribution in [1.82, 2.24) is 20.4 Å². The molecular weight excluding hydrogens is 276 g/mol. The standard InChI is InChI=1S/C17H30N4O/c1-18-10-7-14-8-11-21(12-9-14)13-16-19-17(22-20-16)15-5-3-2-4-6-15/h14-15,18H,2-13H2,1H3. The van der Waals surface area contributed by atoms with E-state index >= 15 is 0 Å². The summed E-state index contributed by atoms with van der Waals surface area (Å²) in [6.45, 7) is 4.33. The molecule has 2 heterocycles. The minimum Gasteiger partial charge on any atom is -0.339 e. The molecule has 1 saturated heterocycles. The zero-order valence-electron chi connectivity index (χ0n) is 13.9. The van der Waals surface area contributed by atoms with Gasteiger partial charge in [0.1, 0.15) is 0 Å². The van der Waals surface area contributed by atoms with Crippen LogP contribution in [0.3, 0.4) is 0 Å². The molecular formula is C17H30N4O. The summed E-state index contributed by atoms with van der Waals surface area (Å²) in [5, 5.41) is 7.47. The third-order valence-electron chi connectivity index (χ3n) is 5.31. The third-order valence-corrected chi connectivity index (χ3v) is 5.31. The molecule has 1 aromatic rings. The van der Waals surface area contributed by atoms with Crippen LogP contribution >= 0.6 is 0 Å². The fraction of sp³-hybridized carbons (Fsp3) is 0.882. The van der Waals surface area contributed by atoms with Gasteiger partial charge in [-0.15, -0.1) is 0 Å². The van der Waals surface area contributed by atoms with Gasteiger partial charge in [-0.25, -0.2) is 0 Å². The van der Waals surface area contributed by atoms with Crippen molar-refractivity contribution in [3.05, 3.63) is 11.7 Å². The van der Waals surface area contributed by atoms with E-state index in [0.29, 0.717) is 5.92 Å². The lowest BCUT2D eigenvalue weighted by Crippen LogP contribution is -2.34. The summed E-state index contributed by atoms with van der Waals surface area (Å²) >= 11 is 0. The average Bonchev–Trinajstić information content (AvgIpc) is 3.04. The normalized spacial score (nSPS) is 22.2. The zero-order chi connectivity index (χ0) is 15.2. The molecule has 22 heavy (non-hydrogen) atoms. The van der Waals surface area contributed by atoms with Crippen molar-refractivity contribution in [2.75, 3.05) is 26.7 Å². The first-order valence-corrected chi connectivity index (χ1v) is 9.04. The van der Waals surface area contributed by atoms with Crippen molar-refractivity contribution in [1.29, 1.82) is 0 Å². The van der Waals surface area contributed by atoms with Crippen LogP contribution in [0.1, 0.15) is 69.0 Å².